The lowest BCUT2D eigenvalue weighted by atomic mass is 10.1. The van der Waals surface area contributed by atoms with Crippen LogP contribution in [0.4, 0.5) is 5.69 Å². The van der Waals surface area contributed by atoms with Gasteiger partial charge < -0.3 is 15.9 Å². The second-order valence-corrected chi connectivity index (χ2v) is 2.42. The summed E-state index contributed by atoms with van der Waals surface area (Å²) in [4.78, 5) is 21.1. The molecule has 0 heterocycles. The number of rotatable bonds is 2. The summed E-state index contributed by atoms with van der Waals surface area (Å²) in [6, 6.07) is 3.63. The molecule has 4 N–H and O–H groups in total. The molecule has 5 heteroatoms. The number of hydrogen-bond acceptors (Lipinski definition) is 3. The molecule has 0 aromatic heterocycles. The molecule has 13 heavy (non-hydrogen) atoms. The zero-order chi connectivity index (χ0) is 10.0. The van der Waals surface area contributed by atoms with Crippen molar-refractivity contribution in [3.63, 3.8) is 0 Å². The molecule has 0 saturated heterocycles. The molecule has 1 aromatic carbocycles. The molecule has 68 valence electrons. The predicted molar refractivity (Wildman–Crippen MR) is 44.8 cm³/mol. The first kappa shape index (κ1) is 9.05. The molecule has 0 spiro atoms. The van der Waals surface area contributed by atoms with E-state index in [-0.39, 0.29) is 16.8 Å². The van der Waals surface area contributed by atoms with Crippen LogP contribution in [0.2, 0.25) is 0 Å². The highest BCUT2D eigenvalue weighted by molar-refractivity contribution is 6.02. The van der Waals surface area contributed by atoms with Crippen LogP contribution in [-0.2, 0) is 0 Å². The number of aromatic carboxylic acids is 2. The standard InChI is InChI=1S/C8H7NO4/c9-4-1-2-5(7(10)11)6(3-4)8(12)13/h1-3H,9H2,(H,10,11)(H,12,13). The number of anilines is 1. The van der Waals surface area contributed by atoms with Crippen molar-refractivity contribution in [2.24, 2.45) is 0 Å². The lowest BCUT2D eigenvalue weighted by molar-refractivity contribution is 0.0651. The van der Waals surface area contributed by atoms with Crippen molar-refractivity contribution in [2.75, 3.05) is 5.73 Å². The van der Waals surface area contributed by atoms with Gasteiger partial charge in [0.05, 0.1) is 11.1 Å². The number of carboxylic acids is 2. The molecule has 0 bridgehead atoms. The van der Waals surface area contributed by atoms with Gasteiger partial charge in [-0.3, -0.25) is 0 Å². The van der Waals surface area contributed by atoms with Gasteiger partial charge in [0.2, 0.25) is 0 Å². The maximum atomic E-state index is 10.6. The van der Waals surface area contributed by atoms with Crippen LogP contribution in [0, 0.1) is 0 Å². The lowest BCUT2D eigenvalue weighted by Crippen LogP contribution is -2.08. The maximum absolute atomic E-state index is 10.6. The Morgan fingerprint density at radius 1 is 1.08 bits per heavy atom. The molecule has 0 aliphatic carbocycles. The molecule has 0 atom stereocenters. The van der Waals surface area contributed by atoms with E-state index in [0.717, 1.165) is 6.07 Å². The zero-order valence-electron chi connectivity index (χ0n) is 6.52. The summed E-state index contributed by atoms with van der Waals surface area (Å²) in [5.74, 6) is -2.58. The van der Waals surface area contributed by atoms with Crippen LogP contribution in [0.3, 0.4) is 0 Å². The molecular formula is C8H7NO4. The van der Waals surface area contributed by atoms with Crippen LogP contribution in [-0.4, -0.2) is 22.2 Å². The van der Waals surface area contributed by atoms with Gasteiger partial charge in [-0.05, 0) is 18.2 Å². The predicted octanol–water partition coefficient (Wildman–Crippen LogP) is 0.665. The van der Waals surface area contributed by atoms with Gasteiger partial charge in [-0.25, -0.2) is 9.59 Å². The lowest BCUT2D eigenvalue weighted by Gasteiger charge is -2.01. The van der Waals surface area contributed by atoms with Gasteiger partial charge in [0.25, 0.3) is 0 Å². The molecule has 0 amide bonds. The summed E-state index contributed by atoms with van der Waals surface area (Å²) < 4.78 is 0. The third-order valence-corrected chi connectivity index (χ3v) is 1.50. The fourth-order valence-electron chi connectivity index (χ4n) is 0.925. The summed E-state index contributed by atoms with van der Waals surface area (Å²) in [6.07, 6.45) is 0. The van der Waals surface area contributed by atoms with Gasteiger partial charge in [0.15, 0.2) is 0 Å². The Balaban J connectivity index is 3.35. The Morgan fingerprint density at radius 2 is 1.62 bits per heavy atom. The smallest absolute Gasteiger partial charge is 0.336 e. The average molecular weight is 181 g/mol. The second kappa shape index (κ2) is 3.14. The van der Waals surface area contributed by atoms with Crippen LogP contribution < -0.4 is 5.73 Å². The van der Waals surface area contributed by atoms with Crippen molar-refractivity contribution in [1.29, 1.82) is 0 Å². The fraction of sp³-hybridized carbons (Fsp3) is 0. The topological polar surface area (TPSA) is 101 Å². The fourth-order valence-corrected chi connectivity index (χ4v) is 0.925. The first-order chi connectivity index (χ1) is 6.02. The van der Waals surface area contributed by atoms with E-state index < -0.39 is 11.9 Å². The molecule has 0 unspecified atom stereocenters. The Hall–Kier alpha value is -2.04. The van der Waals surface area contributed by atoms with E-state index in [0.29, 0.717) is 0 Å². The first-order valence-corrected chi connectivity index (χ1v) is 3.38. The third kappa shape index (κ3) is 1.76. The van der Waals surface area contributed by atoms with Crippen molar-refractivity contribution in [2.45, 2.75) is 0 Å². The monoisotopic (exact) mass is 181 g/mol. The van der Waals surface area contributed by atoms with Crippen LogP contribution >= 0.6 is 0 Å². The van der Waals surface area contributed by atoms with E-state index in [9.17, 15) is 9.59 Å². The zero-order valence-corrected chi connectivity index (χ0v) is 6.52. The molecule has 0 fully saturated rings. The number of carboxylic acid groups (broad SMARTS) is 2. The largest absolute Gasteiger partial charge is 0.478 e. The molecule has 0 radical (unpaired) electrons. The number of benzene rings is 1. The minimum Gasteiger partial charge on any atom is -0.478 e. The van der Waals surface area contributed by atoms with Gasteiger partial charge in [0.1, 0.15) is 0 Å². The molecule has 0 aliphatic heterocycles. The van der Waals surface area contributed by atoms with Gasteiger partial charge >= 0.3 is 11.9 Å². The number of nitrogen functional groups attached to an aromatic ring is 1. The Labute approximate surface area is 73.4 Å². The maximum Gasteiger partial charge on any atom is 0.336 e. The number of carbonyl (C=O) groups is 2. The van der Waals surface area contributed by atoms with E-state index in [1.54, 1.807) is 0 Å². The average Bonchev–Trinajstić information content (AvgIpc) is 2.03. The Bertz CT molecular complexity index is 372. The van der Waals surface area contributed by atoms with Crippen molar-refractivity contribution in [3.8, 4) is 0 Å². The van der Waals surface area contributed by atoms with Crippen LogP contribution in [0.5, 0.6) is 0 Å². The number of nitrogens with two attached hydrogens (primary N) is 1. The van der Waals surface area contributed by atoms with Gasteiger partial charge in [-0.15, -0.1) is 0 Å². The van der Waals surface area contributed by atoms with E-state index in [4.69, 9.17) is 15.9 Å². The highest BCUT2D eigenvalue weighted by atomic mass is 16.4. The summed E-state index contributed by atoms with van der Waals surface area (Å²) in [5.41, 5.74) is 4.97. The minimum absolute atomic E-state index is 0.224. The molecule has 5 nitrogen and oxygen atoms in total. The second-order valence-electron chi connectivity index (χ2n) is 2.42. The summed E-state index contributed by atoms with van der Waals surface area (Å²) in [7, 11) is 0. The van der Waals surface area contributed by atoms with Crippen molar-refractivity contribution in [1.82, 2.24) is 0 Å². The summed E-state index contributed by atoms with van der Waals surface area (Å²) >= 11 is 0. The van der Waals surface area contributed by atoms with E-state index >= 15 is 0 Å². The van der Waals surface area contributed by atoms with Gasteiger partial charge in [-0.1, -0.05) is 0 Å². The molecule has 0 saturated carbocycles. The molecule has 1 aromatic rings. The minimum atomic E-state index is -1.30. The van der Waals surface area contributed by atoms with Crippen LogP contribution in [0.25, 0.3) is 0 Å². The first-order valence-electron chi connectivity index (χ1n) is 3.38. The highest BCUT2D eigenvalue weighted by Gasteiger charge is 2.15. The molecular weight excluding hydrogens is 174 g/mol. The Morgan fingerprint density at radius 3 is 2.08 bits per heavy atom. The normalized spacial score (nSPS) is 9.54. The Kier molecular flexibility index (Phi) is 2.19. The SMILES string of the molecule is Nc1ccc(C(=O)O)c(C(=O)O)c1. The van der Waals surface area contributed by atoms with Crippen LogP contribution in [0.1, 0.15) is 20.7 Å². The van der Waals surface area contributed by atoms with Crippen molar-refractivity contribution < 1.29 is 19.8 Å². The highest BCUT2D eigenvalue weighted by Crippen LogP contribution is 2.13. The number of hydrogen-bond donors (Lipinski definition) is 3. The van der Waals surface area contributed by atoms with E-state index in [2.05, 4.69) is 0 Å². The van der Waals surface area contributed by atoms with Crippen molar-refractivity contribution >= 4 is 17.6 Å². The molecule has 0 aliphatic rings. The van der Waals surface area contributed by atoms with Crippen LogP contribution in [0.15, 0.2) is 18.2 Å². The summed E-state index contributed by atoms with van der Waals surface area (Å²) in [6.45, 7) is 0. The summed E-state index contributed by atoms with van der Waals surface area (Å²) in [5, 5.41) is 17.2. The van der Waals surface area contributed by atoms with E-state index in [1.165, 1.54) is 12.1 Å². The van der Waals surface area contributed by atoms with E-state index in [1.807, 2.05) is 0 Å². The quantitative estimate of drug-likeness (QED) is 0.582. The third-order valence-electron chi connectivity index (χ3n) is 1.50. The van der Waals surface area contributed by atoms with Gasteiger partial charge in [-0.2, -0.15) is 0 Å². The molecule has 1 rings (SSSR count). The van der Waals surface area contributed by atoms with Gasteiger partial charge in [0, 0.05) is 5.69 Å². The van der Waals surface area contributed by atoms with Crippen molar-refractivity contribution in [3.05, 3.63) is 29.3 Å².